The van der Waals surface area contributed by atoms with Crippen molar-refractivity contribution in [3.05, 3.63) is 35.9 Å². The summed E-state index contributed by atoms with van der Waals surface area (Å²) in [6.45, 7) is 0.479. The number of nitrogens with two attached hydrogens (primary N) is 1. The number of nitrogens with one attached hydrogen (secondary N) is 1. The molecular formula is C16H22N2O3S. The number of rotatable bonds is 5. The molecule has 0 heterocycles. The smallest absolute Gasteiger partial charge is 0.242 e. The number of carbonyl (C=O) groups excluding carboxylic acids is 1. The van der Waals surface area contributed by atoms with Crippen molar-refractivity contribution < 1.29 is 13.2 Å². The number of benzene rings is 1. The molecule has 0 saturated heterocycles. The van der Waals surface area contributed by atoms with Crippen LogP contribution in [0.15, 0.2) is 30.3 Å². The Labute approximate surface area is 131 Å². The van der Waals surface area contributed by atoms with Crippen LogP contribution in [0.4, 0.5) is 0 Å². The maximum absolute atomic E-state index is 12.3. The van der Waals surface area contributed by atoms with Gasteiger partial charge in [-0.05, 0) is 31.2 Å². The van der Waals surface area contributed by atoms with E-state index in [1.165, 1.54) is 5.56 Å². The van der Waals surface area contributed by atoms with Crippen LogP contribution in [0.3, 0.4) is 0 Å². The number of hydrogen-bond donors (Lipinski definition) is 2. The van der Waals surface area contributed by atoms with Crippen LogP contribution in [0.25, 0.3) is 0 Å². The predicted octanol–water partition coefficient (Wildman–Crippen LogP) is 1.44. The average molecular weight is 322 g/mol. The van der Waals surface area contributed by atoms with Gasteiger partial charge >= 0.3 is 0 Å². The predicted molar refractivity (Wildman–Crippen MR) is 84.7 cm³/mol. The zero-order valence-electron chi connectivity index (χ0n) is 12.5. The van der Waals surface area contributed by atoms with Gasteiger partial charge in [0.2, 0.25) is 15.9 Å². The van der Waals surface area contributed by atoms with Gasteiger partial charge in [-0.3, -0.25) is 4.79 Å². The van der Waals surface area contributed by atoms with E-state index in [2.05, 4.69) is 17.4 Å². The Morgan fingerprint density at radius 1 is 1.09 bits per heavy atom. The van der Waals surface area contributed by atoms with E-state index in [-0.39, 0.29) is 5.41 Å². The zero-order chi connectivity index (χ0) is 15.8. The SMILES string of the molecule is NS(=O)(=O)C1(C(=O)NCC2(c3ccccc3)CCCC2)CC1. The number of primary sulfonamides is 1. The van der Waals surface area contributed by atoms with Crippen molar-refractivity contribution >= 4 is 15.9 Å². The summed E-state index contributed by atoms with van der Waals surface area (Å²) in [6, 6.07) is 10.2. The maximum atomic E-state index is 12.3. The van der Waals surface area contributed by atoms with Gasteiger partial charge in [-0.1, -0.05) is 43.2 Å². The van der Waals surface area contributed by atoms with E-state index in [1.54, 1.807) is 0 Å². The van der Waals surface area contributed by atoms with Gasteiger partial charge in [0.05, 0.1) is 0 Å². The molecule has 3 rings (SSSR count). The van der Waals surface area contributed by atoms with Gasteiger partial charge in [-0.15, -0.1) is 0 Å². The second-order valence-electron chi connectivity index (χ2n) is 6.58. The Hall–Kier alpha value is -1.40. The van der Waals surface area contributed by atoms with Gasteiger partial charge in [0.15, 0.2) is 4.75 Å². The summed E-state index contributed by atoms with van der Waals surface area (Å²) in [7, 11) is -3.83. The number of carbonyl (C=O) groups is 1. The van der Waals surface area contributed by atoms with E-state index in [0.717, 1.165) is 25.7 Å². The van der Waals surface area contributed by atoms with Crippen molar-refractivity contribution in [2.75, 3.05) is 6.54 Å². The first-order valence-electron chi connectivity index (χ1n) is 7.76. The van der Waals surface area contributed by atoms with Crippen LogP contribution in [0.5, 0.6) is 0 Å². The Balaban J connectivity index is 1.75. The Morgan fingerprint density at radius 3 is 2.18 bits per heavy atom. The van der Waals surface area contributed by atoms with Crippen molar-refractivity contribution in [2.24, 2.45) is 5.14 Å². The Bertz CT molecular complexity index is 660. The second kappa shape index (κ2) is 5.35. The lowest BCUT2D eigenvalue weighted by atomic mass is 9.79. The van der Waals surface area contributed by atoms with E-state index >= 15 is 0 Å². The lowest BCUT2D eigenvalue weighted by molar-refractivity contribution is -0.121. The monoisotopic (exact) mass is 322 g/mol. The molecule has 0 aliphatic heterocycles. The van der Waals surface area contributed by atoms with Gasteiger partial charge in [-0.25, -0.2) is 13.6 Å². The number of hydrogen-bond acceptors (Lipinski definition) is 3. The zero-order valence-corrected chi connectivity index (χ0v) is 13.4. The van der Waals surface area contributed by atoms with Gasteiger partial charge in [0.1, 0.15) is 0 Å². The molecule has 2 fully saturated rings. The van der Waals surface area contributed by atoms with Crippen LogP contribution >= 0.6 is 0 Å². The third kappa shape index (κ3) is 2.54. The fourth-order valence-corrected chi connectivity index (χ4v) is 4.58. The molecule has 1 amide bonds. The molecule has 0 unspecified atom stereocenters. The van der Waals surface area contributed by atoms with E-state index in [1.807, 2.05) is 18.2 Å². The largest absolute Gasteiger partial charge is 0.354 e. The first-order chi connectivity index (χ1) is 10.4. The molecular weight excluding hydrogens is 300 g/mol. The topological polar surface area (TPSA) is 89.3 Å². The quantitative estimate of drug-likeness (QED) is 0.859. The van der Waals surface area contributed by atoms with Crippen LogP contribution in [0, 0.1) is 0 Å². The molecule has 0 spiro atoms. The standard InChI is InChI=1S/C16H22N2O3S/c17-22(20,21)16(10-11-16)14(19)18-12-15(8-4-5-9-15)13-6-2-1-3-7-13/h1-3,6-7H,4-5,8-12H2,(H,18,19)(H2,17,20,21). The molecule has 22 heavy (non-hydrogen) atoms. The van der Waals surface area contributed by atoms with E-state index in [0.29, 0.717) is 19.4 Å². The third-order valence-corrected chi connectivity index (χ3v) is 6.88. The summed E-state index contributed by atoms with van der Waals surface area (Å²) in [5, 5.41) is 8.09. The highest BCUT2D eigenvalue weighted by Crippen LogP contribution is 2.44. The van der Waals surface area contributed by atoms with Crippen LogP contribution in [0.1, 0.15) is 44.1 Å². The highest BCUT2D eigenvalue weighted by atomic mass is 32.2. The molecule has 3 N–H and O–H groups in total. The number of amides is 1. The summed E-state index contributed by atoms with van der Waals surface area (Å²) in [6.07, 6.45) is 4.95. The summed E-state index contributed by atoms with van der Waals surface area (Å²) in [5.41, 5.74) is 1.14. The third-order valence-electron chi connectivity index (χ3n) is 5.20. The summed E-state index contributed by atoms with van der Waals surface area (Å²) in [5.74, 6) is -0.433. The minimum Gasteiger partial charge on any atom is -0.354 e. The van der Waals surface area contributed by atoms with Crippen molar-refractivity contribution in [1.29, 1.82) is 0 Å². The van der Waals surface area contributed by atoms with Crippen LogP contribution in [-0.4, -0.2) is 25.6 Å². The molecule has 120 valence electrons. The molecule has 2 aliphatic carbocycles. The van der Waals surface area contributed by atoms with Crippen molar-refractivity contribution in [3.63, 3.8) is 0 Å². The summed E-state index contributed by atoms with van der Waals surface area (Å²) < 4.78 is 21.9. The maximum Gasteiger partial charge on any atom is 0.242 e. The lowest BCUT2D eigenvalue weighted by Crippen LogP contribution is -2.48. The molecule has 1 aromatic carbocycles. The van der Waals surface area contributed by atoms with Gasteiger partial charge in [0, 0.05) is 12.0 Å². The highest BCUT2D eigenvalue weighted by molar-refractivity contribution is 7.91. The first-order valence-corrected chi connectivity index (χ1v) is 9.31. The van der Waals surface area contributed by atoms with Crippen molar-refractivity contribution in [2.45, 2.75) is 48.7 Å². The van der Waals surface area contributed by atoms with E-state index in [4.69, 9.17) is 5.14 Å². The molecule has 1 aromatic rings. The molecule has 5 nitrogen and oxygen atoms in total. The van der Waals surface area contributed by atoms with Crippen molar-refractivity contribution in [3.8, 4) is 0 Å². The summed E-state index contributed by atoms with van der Waals surface area (Å²) in [4.78, 5) is 12.3. The molecule has 0 aromatic heterocycles. The van der Waals surface area contributed by atoms with Crippen LogP contribution < -0.4 is 10.5 Å². The minimum absolute atomic E-state index is 0.0780. The Kier molecular flexibility index (Phi) is 3.77. The van der Waals surface area contributed by atoms with Crippen LogP contribution in [0.2, 0.25) is 0 Å². The fraction of sp³-hybridized carbons (Fsp3) is 0.562. The number of sulfonamides is 1. The first kappa shape index (κ1) is 15.5. The Morgan fingerprint density at radius 2 is 1.68 bits per heavy atom. The van der Waals surface area contributed by atoms with Gasteiger partial charge in [-0.2, -0.15) is 0 Å². The van der Waals surface area contributed by atoms with E-state index in [9.17, 15) is 13.2 Å². The van der Waals surface area contributed by atoms with Crippen LogP contribution in [-0.2, 0) is 20.2 Å². The average Bonchev–Trinajstić information content (AvgIpc) is 3.19. The fourth-order valence-electron chi connectivity index (χ4n) is 3.58. The highest BCUT2D eigenvalue weighted by Gasteiger charge is 2.59. The molecule has 0 radical (unpaired) electrons. The van der Waals surface area contributed by atoms with Gasteiger partial charge < -0.3 is 5.32 Å². The minimum atomic E-state index is -3.83. The van der Waals surface area contributed by atoms with Gasteiger partial charge in [0.25, 0.3) is 0 Å². The van der Waals surface area contributed by atoms with Crippen molar-refractivity contribution in [1.82, 2.24) is 5.32 Å². The second-order valence-corrected chi connectivity index (χ2v) is 8.45. The summed E-state index contributed by atoms with van der Waals surface area (Å²) >= 11 is 0. The molecule has 0 atom stereocenters. The molecule has 2 aliphatic rings. The molecule has 2 saturated carbocycles. The normalized spacial score (nSPS) is 22.2. The lowest BCUT2D eigenvalue weighted by Gasteiger charge is -2.30. The van der Waals surface area contributed by atoms with E-state index < -0.39 is 20.7 Å². The molecule has 0 bridgehead atoms. The molecule has 6 heteroatoms.